The Hall–Kier alpha value is -3.10. The van der Waals surface area contributed by atoms with Crippen LogP contribution in [0.2, 0.25) is 5.02 Å². The van der Waals surface area contributed by atoms with Gasteiger partial charge in [-0.3, -0.25) is 4.98 Å². The number of anilines is 1. The summed E-state index contributed by atoms with van der Waals surface area (Å²) < 4.78 is 38.0. The number of halogens is 3. The third-order valence-corrected chi connectivity index (χ3v) is 9.32. The van der Waals surface area contributed by atoms with Crippen LogP contribution in [0.1, 0.15) is 32.1 Å². The normalized spacial score (nSPS) is 22.8. The van der Waals surface area contributed by atoms with Crippen LogP contribution in [0.5, 0.6) is 6.01 Å². The number of hydrogen-bond acceptors (Lipinski definition) is 6. The van der Waals surface area contributed by atoms with Crippen LogP contribution in [0, 0.1) is 17.7 Å². The summed E-state index contributed by atoms with van der Waals surface area (Å²) in [6.45, 7) is 2.87. The zero-order valence-corrected chi connectivity index (χ0v) is 23.3. The van der Waals surface area contributed by atoms with Crippen LogP contribution in [-0.4, -0.2) is 65.4 Å². The summed E-state index contributed by atoms with van der Waals surface area (Å²) in [6, 6.07) is 11.2. The van der Waals surface area contributed by atoms with Gasteiger partial charge in [-0.25, -0.2) is 8.78 Å². The molecule has 2 aromatic carbocycles. The molecule has 2 atom stereocenters. The van der Waals surface area contributed by atoms with Gasteiger partial charge in [0.25, 0.3) is 0 Å². The van der Waals surface area contributed by atoms with E-state index in [1.807, 2.05) is 37.4 Å². The molecule has 40 heavy (non-hydrogen) atoms. The van der Waals surface area contributed by atoms with Crippen LogP contribution in [-0.2, 0) is 0 Å². The lowest BCUT2D eigenvalue weighted by Crippen LogP contribution is -2.43. The Kier molecular flexibility index (Phi) is 6.50. The number of likely N-dealkylation sites (tertiary alicyclic amines) is 1. The molecule has 2 unspecified atom stereocenters. The second-order valence-electron chi connectivity index (χ2n) is 11.8. The summed E-state index contributed by atoms with van der Waals surface area (Å²) in [4.78, 5) is 18.2. The van der Waals surface area contributed by atoms with Crippen molar-refractivity contribution in [1.29, 1.82) is 0 Å². The summed E-state index contributed by atoms with van der Waals surface area (Å²) >= 11 is 6.56. The Bertz CT molecular complexity index is 1570. The number of piperidine rings is 2. The predicted molar refractivity (Wildman–Crippen MR) is 154 cm³/mol. The first-order valence-corrected chi connectivity index (χ1v) is 14.5. The molecule has 1 saturated carbocycles. The fourth-order valence-electron chi connectivity index (χ4n) is 6.75. The highest BCUT2D eigenvalue weighted by Gasteiger charge is 2.37. The van der Waals surface area contributed by atoms with E-state index in [4.69, 9.17) is 21.3 Å². The molecule has 0 amide bonds. The second kappa shape index (κ2) is 10.1. The van der Waals surface area contributed by atoms with Gasteiger partial charge in [0, 0.05) is 48.3 Å². The van der Waals surface area contributed by atoms with Crippen molar-refractivity contribution in [1.82, 2.24) is 19.9 Å². The average Bonchev–Trinajstić information content (AvgIpc) is 3.30. The topological polar surface area (TPSA) is 54.4 Å². The van der Waals surface area contributed by atoms with Crippen molar-refractivity contribution < 1.29 is 13.5 Å². The zero-order valence-electron chi connectivity index (χ0n) is 22.5. The monoisotopic (exact) mass is 563 g/mol. The highest BCUT2D eigenvalue weighted by atomic mass is 35.5. The van der Waals surface area contributed by atoms with E-state index in [1.54, 1.807) is 12.3 Å². The highest BCUT2D eigenvalue weighted by Crippen LogP contribution is 2.41. The van der Waals surface area contributed by atoms with Crippen LogP contribution in [0.25, 0.3) is 32.9 Å². The number of pyridine rings is 1. The van der Waals surface area contributed by atoms with Gasteiger partial charge in [0.05, 0.1) is 5.39 Å². The third kappa shape index (κ3) is 4.65. The summed E-state index contributed by atoms with van der Waals surface area (Å²) in [6.07, 6.45) is 6.04. The number of alkyl halides is 1. The molecule has 7 rings (SSSR count). The van der Waals surface area contributed by atoms with Crippen LogP contribution in [0.4, 0.5) is 14.6 Å². The SMILES string of the molecule is CN1CCC(F)(COc2nc(N3CC4CCC(C4)C3)c3cnc(-c4cccc5cccc(Cl)c45)c(F)c3n2)CC1. The van der Waals surface area contributed by atoms with Gasteiger partial charge in [0.1, 0.15) is 29.3 Å². The number of fused-ring (bicyclic) bond motifs is 4. The lowest BCUT2D eigenvalue weighted by atomic mass is 9.95. The van der Waals surface area contributed by atoms with Crippen LogP contribution >= 0.6 is 11.6 Å². The van der Waals surface area contributed by atoms with Gasteiger partial charge in [0.15, 0.2) is 5.82 Å². The van der Waals surface area contributed by atoms with Gasteiger partial charge in [-0.15, -0.1) is 0 Å². The first kappa shape index (κ1) is 25.8. The van der Waals surface area contributed by atoms with Gasteiger partial charge in [-0.1, -0.05) is 41.9 Å². The minimum Gasteiger partial charge on any atom is -0.460 e. The number of rotatable bonds is 5. The molecule has 0 radical (unpaired) electrons. The van der Waals surface area contributed by atoms with E-state index in [9.17, 15) is 0 Å². The quantitative estimate of drug-likeness (QED) is 0.270. The van der Waals surface area contributed by atoms with E-state index < -0.39 is 11.5 Å². The smallest absolute Gasteiger partial charge is 0.319 e. The van der Waals surface area contributed by atoms with E-state index in [0.29, 0.717) is 59.6 Å². The summed E-state index contributed by atoms with van der Waals surface area (Å²) in [5, 5.41) is 2.69. The van der Waals surface area contributed by atoms with Crippen molar-refractivity contribution in [3.8, 4) is 17.3 Å². The van der Waals surface area contributed by atoms with Crippen molar-refractivity contribution in [2.45, 2.75) is 37.8 Å². The Morgan fingerprint density at radius 2 is 1.77 bits per heavy atom. The molecule has 9 heteroatoms. The fraction of sp³-hybridized carbons (Fsp3) is 0.452. The Morgan fingerprint density at radius 3 is 2.52 bits per heavy atom. The van der Waals surface area contributed by atoms with Crippen molar-refractivity contribution >= 4 is 39.1 Å². The number of hydrogen-bond donors (Lipinski definition) is 0. The number of benzene rings is 2. The molecule has 2 bridgehead atoms. The molecular formula is C31H32ClF2N5O. The molecule has 3 fully saturated rings. The van der Waals surface area contributed by atoms with Crippen molar-refractivity contribution in [3.05, 3.63) is 53.4 Å². The molecule has 0 spiro atoms. The minimum atomic E-state index is -1.46. The van der Waals surface area contributed by atoms with Gasteiger partial charge in [0.2, 0.25) is 0 Å². The first-order chi connectivity index (χ1) is 19.4. The lowest BCUT2D eigenvalue weighted by Gasteiger charge is -2.34. The first-order valence-electron chi connectivity index (χ1n) is 14.2. The molecule has 0 N–H and O–H groups in total. The maximum Gasteiger partial charge on any atom is 0.319 e. The molecular weight excluding hydrogens is 532 g/mol. The molecule has 3 aliphatic rings. The van der Waals surface area contributed by atoms with Crippen LogP contribution in [0.3, 0.4) is 0 Å². The summed E-state index contributed by atoms with van der Waals surface area (Å²) in [5.41, 5.74) is -0.576. The van der Waals surface area contributed by atoms with E-state index in [2.05, 4.69) is 19.8 Å². The number of nitrogens with zero attached hydrogens (tertiary/aromatic N) is 5. The summed E-state index contributed by atoms with van der Waals surface area (Å²) in [7, 11) is 1.99. The summed E-state index contributed by atoms with van der Waals surface area (Å²) in [5.74, 6) is 1.24. The van der Waals surface area contributed by atoms with Crippen LogP contribution < -0.4 is 9.64 Å². The predicted octanol–water partition coefficient (Wildman–Crippen LogP) is 6.69. The Balaban J connectivity index is 1.33. The molecule has 6 nitrogen and oxygen atoms in total. The number of ether oxygens (including phenoxy) is 1. The zero-order chi connectivity index (χ0) is 27.4. The van der Waals surface area contributed by atoms with E-state index in [0.717, 1.165) is 23.9 Å². The second-order valence-corrected chi connectivity index (χ2v) is 12.3. The minimum absolute atomic E-state index is 0.00313. The maximum absolute atomic E-state index is 16.5. The van der Waals surface area contributed by atoms with Crippen molar-refractivity contribution in [2.75, 3.05) is 44.7 Å². The van der Waals surface area contributed by atoms with Crippen molar-refractivity contribution in [2.24, 2.45) is 11.8 Å². The highest BCUT2D eigenvalue weighted by molar-refractivity contribution is 6.36. The molecule has 2 aromatic heterocycles. The Labute approximate surface area is 237 Å². The third-order valence-electron chi connectivity index (χ3n) is 9.00. The lowest BCUT2D eigenvalue weighted by molar-refractivity contribution is 0.0215. The number of aromatic nitrogens is 3. The van der Waals surface area contributed by atoms with Crippen LogP contribution in [0.15, 0.2) is 42.6 Å². The molecule has 1 aliphatic carbocycles. The van der Waals surface area contributed by atoms with E-state index >= 15 is 8.78 Å². The standard InChI is InChI=1S/C31H32ClF2N5O/c1-38-12-10-31(34,11-13-38)18-40-30-36-28-23(29(37-30)39-16-19-8-9-20(14-19)17-39)15-35-27(26(28)33)22-6-2-4-21-5-3-7-24(32)25(21)22/h2-7,15,19-20H,8-14,16-18H2,1H3. The molecule has 2 saturated heterocycles. The Morgan fingerprint density at radius 1 is 1.05 bits per heavy atom. The largest absolute Gasteiger partial charge is 0.460 e. The molecule has 208 valence electrons. The van der Waals surface area contributed by atoms with Gasteiger partial charge in [-0.2, -0.15) is 9.97 Å². The van der Waals surface area contributed by atoms with Gasteiger partial charge < -0.3 is 14.5 Å². The van der Waals surface area contributed by atoms with Crippen molar-refractivity contribution in [3.63, 3.8) is 0 Å². The van der Waals surface area contributed by atoms with Gasteiger partial charge in [-0.05, 0) is 62.4 Å². The maximum atomic E-state index is 16.5. The van der Waals surface area contributed by atoms with E-state index in [-0.39, 0.29) is 23.8 Å². The van der Waals surface area contributed by atoms with Gasteiger partial charge >= 0.3 is 6.01 Å². The molecule has 4 aromatic rings. The fourth-order valence-corrected chi connectivity index (χ4v) is 7.03. The molecule has 4 heterocycles. The average molecular weight is 564 g/mol. The molecule has 2 aliphatic heterocycles. The van der Waals surface area contributed by atoms with E-state index in [1.165, 1.54) is 19.3 Å².